The SMILES string of the molecule is COCCOc1ncccc1NC(=O)c1sc2nc(COC)nc(OC)c2c1C. The molecule has 3 heterocycles. The summed E-state index contributed by atoms with van der Waals surface area (Å²) in [6.07, 6.45) is 1.60. The Balaban J connectivity index is 1.91. The standard InChI is InChI=1S/C19H22N4O5S/c1-11-14-18(27-4)22-13(10-26-3)23-19(14)29-15(11)16(24)21-12-6-5-7-20-17(12)28-9-8-25-2/h5-7H,8-10H2,1-4H3,(H,21,24). The molecular weight excluding hydrogens is 396 g/mol. The van der Waals surface area contributed by atoms with Crippen LogP contribution >= 0.6 is 11.3 Å². The van der Waals surface area contributed by atoms with Crippen LogP contribution in [0.2, 0.25) is 0 Å². The minimum absolute atomic E-state index is 0.253. The molecule has 0 saturated heterocycles. The van der Waals surface area contributed by atoms with Crippen molar-refractivity contribution in [1.29, 1.82) is 0 Å². The van der Waals surface area contributed by atoms with Crippen LogP contribution in [-0.4, -0.2) is 55.4 Å². The van der Waals surface area contributed by atoms with Gasteiger partial charge in [0.15, 0.2) is 5.82 Å². The number of nitrogens with one attached hydrogen (secondary N) is 1. The highest BCUT2D eigenvalue weighted by Crippen LogP contribution is 2.35. The number of hydrogen-bond donors (Lipinski definition) is 1. The van der Waals surface area contributed by atoms with E-state index < -0.39 is 0 Å². The fourth-order valence-corrected chi connectivity index (χ4v) is 3.79. The van der Waals surface area contributed by atoms with Crippen molar-refractivity contribution >= 4 is 33.1 Å². The lowest BCUT2D eigenvalue weighted by molar-refractivity contribution is 0.102. The number of fused-ring (bicyclic) bond motifs is 1. The summed E-state index contributed by atoms with van der Waals surface area (Å²) in [6, 6.07) is 3.45. The molecule has 1 N–H and O–H groups in total. The van der Waals surface area contributed by atoms with Gasteiger partial charge in [0.05, 0.1) is 24.0 Å². The van der Waals surface area contributed by atoms with Gasteiger partial charge in [-0.3, -0.25) is 4.79 Å². The van der Waals surface area contributed by atoms with Crippen LogP contribution in [0.4, 0.5) is 5.69 Å². The zero-order valence-electron chi connectivity index (χ0n) is 16.6. The number of pyridine rings is 1. The first-order valence-electron chi connectivity index (χ1n) is 8.80. The second-order valence-electron chi connectivity index (χ2n) is 5.97. The van der Waals surface area contributed by atoms with Gasteiger partial charge in [0.25, 0.3) is 5.91 Å². The van der Waals surface area contributed by atoms with Gasteiger partial charge in [-0.1, -0.05) is 0 Å². The molecule has 3 aromatic rings. The van der Waals surface area contributed by atoms with Crippen molar-refractivity contribution in [3.05, 3.63) is 34.6 Å². The first-order valence-corrected chi connectivity index (χ1v) is 9.61. The molecule has 0 bridgehead atoms. The molecule has 154 valence electrons. The Morgan fingerprint density at radius 3 is 2.69 bits per heavy atom. The minimum Gasteiger partial charge on any atom is -0.480 e. The van der Waals surface area contributed by atoms with Crippen molar-refractivity contribution in [1.82, 2.24) is 15.0 Å². The third kappa shape index (κ3) is 4.61. The number of nitrogens with zero attached hydrogens (tertiary/aromatic N) is 3. The summed E-state index contributed by atoms with van der Waals surface area (Å²) in [5.74, 6) is 0.952. The van der Waals surface area contributed by atoms with Crippen LogP contribution in [0, 0.1) is 6.92 Å². The second-order valence-corrected chi connectivity index (χ2v) is 6.97. The number of thiophene rings is 1. The third-order valence-electron chi connectivity index (χ3n) is 4.02. The van der Waals surface area contributed by atoms with Crippen LogP contribution in [0.3, 0.4) is 0 Å². The molecule has 9 nitrogen and oxygen atoms in total. The van der Waals surface area contributed by atoms with Crippen LogP contribution < -0.4 is 14.8 Å². The molecule has 10 heteroatoms. The van der Waals surface area contributed by atoms with Crippen molar-refractivity contribution in [3.8, 4) is 11.8 Å². The topological polar surface area (TPSA) is 105 Å². The number of aryl methyl sites for hydroxylation is 1. The average Bonchev–Trinajstić information content (AvgIpc) is 3.06. The predicted octanol–water partition coefficient (Wildman–Crippen LogP) is 2.83. The fraction of sp³-hybridized carbons (Fsp3) is 0.368. The normalized spacial score (nSPS) is 10.9. The van der Waals surface area contributed by atoms with Crippen molar-refractivity contribution in [2.24, 2.45) is 0 Å². The highest BCUT2D eigenvalue weighted by molar-refractivity contribution is 7.20. The van der Waals surface area contributed by atoms with E-state index in [4.69, 9.17) is 18.9 Å². The second kappa shape index (κ2) is 9.59. The number of carbonyl (C=O) groups excluding carboxylic acids is 1. The van der Waals surface area contributed by atoms with Crippen molar-refractivity contribution in [2.45, 2.75) is 13.5 Å². The molecule has 0 fully saturated rings. The molecule has 0 radical (unpaired) electrons. The summed E-state index contributed by atoms with van der Waals surface area (Å²) >= 11 is 1.27. The molecule has 3 aromatic heterocycles. The van der Waals surface area contributed by atoms with E-state index in [2.05, 4.69) is 20.3 Å². The van der Waals surface area contributed by atoms with E-state index in [1.807, 2.05) is 6.92 Å². The van der Waals surface area contributed by atoms with Gasteiger partial charge in [-0.2, -0.15) is 4.98 Å². The molecule has 0 saturated carbocycles. The number of aromatic nitrogens is 3. The largest absolute Gasteiger partial charge is 0.480 e. The Kier molecular flexibility index (Phi) is 6.91. The van der Waals surface area contributed by atoms with Gasteiger partial charge < -0.3 is 24.3 Å². The van der Waals surface area contributed by atoms with Crippen molar-refractivity contribution in [2.75, 3.05) is 39.9 Å². The Bertz CT molecular complexity index is 1010. The highest BCUT2D eigenvalue weighted by Gasteiger charge is 2.22. The van der Waals surface area contributed by atoms with E-state index in [1.165, 1.54) is 18.4 Å². The smallest absolute Gasteiger partial charge is 0.266 e. The van der Waals surface area contributed by atoms with E-state index in [0.717, 1.165) is 5.56 Å². The fourth-order valence-electron chi connectivity index (χ4n) is 2.70. The van der Waals surface area contributed by atoms with Crippen LogP contribution in [0.1, 0.15) is 21.1 Å². The molecule has 1 amide bonds. The van der Waals surface area contributed by atoms with Crippen LogP contribution in [0.5, 0.6) is 11.8 Å². The van der Waals surface area contributed by atoms with Crippen molar-refractivity contribution in [3.63, 3.8) is 0 Å². The zero-order chi connectivity index (χ0) is 20.8. The van der Waals surface area contributed by atoms with E-state index >= 15 is 0 Å². The molecule has 0 spiro atoms. The monoisotopic (exact) mass is 418 g/mol. The highest BCUT2D eigenvalue weighted by atomic mass is 32.1. The Hall–Kier alpha value is -2.82. The van der Waals surface area contributed by atoms with E-state index in [9.17, 15) is 4.79 Å². The molecule has 0 aliphatic rings. The number of hydrogen-bond acceptors (Lipinski definition) is 9. The molecule has 0 aromatic carbocycles. The number of methoxy groups -OCH3 is 3. The van der Waals surface area contributed by atoms with Gasteiger partial charge in [0, 0.05) is 20.4 Å². The number of ether oxygens (including phenoxy) is 4. The summed E-state index contributed by atoms with van der Waals surface area (Å²) in [5, 5.41) is 3.58. The number of rotatable bonds is 9. The summed E-state index contributed by atoms with van der Waals surface area (Å²) in [4.78, 5) is 27.2. The van der Waals surface area contributed by atoms with Crippen LogP contribution in [-0.2, 0) is 16.1 Å². The maximum atomic E-state index is 13.0. The predicted molar refractivity (Wildman–Crippen MR) is 109 cm³/mol. The lowest BCUT2D eigenvalue weighted by atomic mass is 10.2. The first kappa shape index (κ1) is 20.9. The summed E-state index contributed by atoms with van der Waals surface area (Å²) < 4.78 is 21.1. The molecule has 3 rings (SSSR count). The maximum Gasteiger partial charge on any atom is 0.266 e. The summed E-state index contributed by atoms with van der Waals surface area (Å²) in [7, 11) is 4.69. The van der Waals surface area contributed by atoms with Crippen LogP contribution in [0.25, 0.3) is 10.2 Å². The van der Waals surface area contributed by atoms with E-state index in [0.29, 0.717) is 51.6 Å². The number of carbonyl (C=O) groups is 1. The zero-order valence-corrected chi connectivity index (χ0v) is 17.5. The lowest BCUT2D eigenvalue weighted by Crippen LogP contribution is -2.14. The molecule has 0 aliphatic carbocycles. The van der Waals surface area contributed by atoms with Gasteiger partial charge in [-0.05, 0) is 24.6 Å². The van der Waals surface area contributed by atoms with Gasteiger partial charge in [-0.15, -0.1) is 11.3 Å². The number of amides is 1. The summed E-state index contributed by atoms with van der Waals surface area (Å²) in [6.45, 7) is 2.84. The van der Waals surface area contributed by atoms with Gasteiger partial charge in [-0.25, -0.2) is 9.97 Å². The van der Waals surface area contributed by atoms with Crippen molar-refractivity contribution < 1.29 is 23.7 Å². The first-order chi connectivity index (χ1) is 14.1. The molecular formula is C19H22N4O5S. The van der Waals surface area contributed by atoms with E-state index in [1.54, 1.807) is 32.5 Å². The van der Waals surface area contributed by atoms with Gasteiger partial charge in [0.2, 0.25) is 11.8 Å². The van der Waals surface area contributed by atoms with Gasteiger partial charge in [0.1, 0.15) is 23.7 Å². The van der Waals surface area contributed by atoms with E-state index in [-0.39, 0.29) is 12.5 Å². The number of anilines is 1. The average molecular weight is 418 g/mol. The quantitative estimate of drug-likeness (QED) is 0.529. The Morgan fingerprint density at radius 2 is 1.97 bits per heavy atom. The molecule has 0 atom stereocenters. The maximum absolute atomic E-state index is 13.0. The molecule has 0 aliphatic heterocycles. The molecule has 29 heavy (non-hydrogen) atoms. The van der Waals surface area contributed by atoms with Gasteiger partial charge >= 0.3 is 0 Å². The van der Waals surface area contributed by atoms with Crippen LogP contribution in [0.15, 0.2) is 18.3 Å². The Morgan fingerprint density at radius 1 is 1.14 bits per heavy atom. The lowest BCUT2D eigenvalue weighted by Gasteiger charge is -2.10. The Labute approximate surface area is 172 Å². The third-order valence-corrected chi connectivity index (χ3v) is 5.21. The summed E-state index contributed by atoms with van der Waals surface area (Å²) in [5.41, 5.74) is 1.22. The molecule has 0 unspecified atom stereocenters. The minimum atomic E-state index is -0.287.